The van der Waals surface area contributed by atoms with Crippen molar-refractivity contribution in [2.75, 3.05) is 31.1 Å². The van der Waals surface area contributed by atoms with Crippen LogP contribution in [0.15, 0.2) is 47.0 Å². The number of piperazine rings is 1. The van der Waals surface area contributed by atoms with Crippen molar-refractivity contribution in [3.05, 3.63) is 65.2 Å². The lowest BCUT2D eigenvalue weighted by molar-refractivity contribution is -0.0431. The topological polar surface area (TPSA) is 63.9 Å². The van der Waals surface area contributed by atoms with E-state index in [2.05, 4.69) is 27.1 Å². The summed E-state index contributed by atoms with van der Waals surface area (Å²) < 4.78 is 30.6. The molecule has 0 atom stereocenters. The quantitative estimate of drug-likeness (QED) is 0.579. The first-order chi connectivity index (χ1) is 15.9. The van der Waals surface area contributed by atoms with Crippen LogP contribution in [0.4, 0.5) is 10.4 Å². The Bertz CT molecular complexity index is 1160. The summed E-state index contributed by atoms with van der Waals surface area (Å²) in [6.07, 6.45) is 1.91. The predicted octanol–water partition coefficient (Wildman–Crippen LogP) is 4.12. The van der Waals surface area contributed by atoms with Crippen molar-refractivity contribution in [3.63, 3.8) is 0 Å². The number of nitrogens with zero attached hydrogens (tertiary/aromatic N) is 4. The van der Waals surface area contributed by atoms with Gasteiger partial charge in [-0.05, 0) is 48.2 Å². The van der Waals surface area contributed by atoms with Gasteiger partial charge in [0.2, 0.25) is 5.79 Å². The van der Waals surface area contributed by atoms with E-state index in [0.717, 1.165) is 62.6 Å². The highest BCUT2D eigenvalue weighted by Crippen LogP contribution is 2.52. The lowest BCUT2D eigenvalue weighted by atomic mass is 9.95. The average molecular weight is 451 g/mol. The van der Waals surface area contributed by atoms with Crippen LogP contribution in [0, 0.1) is 5.82 Å². The van der Waals surface area contributed by atoms with Crippen molar-refractivity contribution in [2.45, 2.75) is 44.4 Å². The van der Waals surface area contributed by atoms with Gasteiger partial charge in [-0.2, -0.15) is 4.98 Å². The molecule has 0 amide bonds. The molecule has 3 aromatic rings. The lowest BCUT2D eigenvalue weighted by Gasteiger charge is -2.33. The maximum Gasteiger partial charge on any atom is 0.324 e. The third kappa shape index (κ3) is 3.82. The predicted molar refractivity (Wildman–Crippen MR) is 120 cm³/mol. The van der Waals surface area contributed by atoms with Crippen molar-refractivity contribution in [1.82, 2.24) is 15.0 Å². The third-order valence-electron chi connectivity index (χ3n) is 6.76. The number of hydrogen-bond donors (Lipinski definition) is 0. The maximum atomic E-state index is 13.3. The zero-order valence-electron chi connectivity index (χ0n) is 18.9. The minimum absolute atomic E-state index is 0.231. The van der Waals surface area contributed by atoms with Crippen molar-refractivity contribution in [3.8, 4) is 11.5 Å². The highest BCUT2D eigenvalue weighted by molar-refractivity contribution is 5.46. The molecule has 0 bridgehead atoms. The van der Waals surface area contributed by atoms with Gasteiger partial charge in [-0.3, -0.25) is 4.90 Å². The summed E-state index contributed by atoms with van der Waals surface area (Å²) >= 11 is 0. The molecule has 1 aromatic heterocycles. The summed E-state index contributed by atoms with van der Waals surface area (Å²) in [5.41, 5.74) is 2.03. The van der Waals surface area contributed by atoms with E-state index in [1.807, 2.05) is 32.0 Å². The zero-order chi connectivity index (χ0) is 22.6. The molecule has 2 fully saturated rings. The Balaban J connectivity index is 1.08. The number of benzene rings is 2. The van der Waals surface area contributed by atoms with Gasteiger partial charge in [-0.25, -0.2) is 4.39 Å². The summed E-state index contributed by atoms with van der Waals surface area (Å²) in [5.74, 6) is 1.48. The van der Waals surface area contributed by atoms with E-state index in [9.17, 15) is 4.39 Å². The second kappa shape index (κ2) is 7.45. The standard InChI is InChI=1S/C25H27FN4O3/c1-24(2)31-20-8-3-17(15-21(20)32-24)16-29-11-13-30(14-12-29)23-27-22(28-33-23)25(9-10-25)18-4-6-19(26)7-5-18/h3-8,15H,9-14,16H2,1-2H3. The zero-order valence-corrected chi connectivity index (χ0v) is 18.9. The van der Waals surface area contributed by atoms with Gasteiger partial charge in [0.15, 0.2) is 17.3 Å². The number of ether oxygens (including phenoxy) is 2. The van der Waals surface area contributed by atoms with Crippen LogP contribution in [0.25, 0.3) is 0 Å². The lowest BCUT2D eigenvalue weighted by Crippen LogP contribution is -2.46. The molecule has 8 heteroatoms. The fourth-order valence-corrected chi connectivity index (χ4v) is 4.79. The molecular formula is C25H27FN4O3. The highest BCUT2D eigenvalue weighted by Gasteiger charge is 2.50. The summed E-state index contributed by atoms with van der Waals surface area (Å²) in [7, 11) is 0. The van der Waals surface area contributed by atoms with Crippen LogP contribution in [-0.2, 0) is 12.0 Å². The van der Waals surface area contributed by atoms with E-state index in [1.165, 1.54) is 17.7 Å². The number of hydrogen-bond acceptors (Lipinski definition) is 7. The second-order valence-corrected chi connectivity index (χ2v) is 9.64. The number of rotatable bonds is 5. The summed E-state index contributed by atoms with van der Waals surface area (Å²) in [6, 6.07) is 13.4. The molecule has 172 valence electrons. The van der Waals surface area contributed by atoms with Crippen LogP contribution in [0.5, 0.6) is 11.5 Å². The van der Waals surface area contributed by atoms with Gasteiger partial charge >= 0.3 is 6.01 Å². The van der Waals surface area contributed by atoms with E-state index >= 15 is 0 Å². The van der Waals surface area contributed by atoms with Gasteiger partial charge in [0.1, 0.15) is 5.82 Å². The third-order valence-corrected chi connectivity index (χ3v) is 6.76. The normalized spacial score (nSPS) is 20.8. The van der Waals surface area contributed by atoms with E-state index in [0.29, 0.717) is 11.8 Å². The molecule has 0 N–H and O–H groups in total. The largest absolute Gasteiger partial charge is 0.449 e. The summed E-state index contributed by atoms with van der Waals surface area (Å²) in [6.45, 7) is 8.14. The molecule has 7 nitrogen and oxygen atoms in total. The fourth-order valence-electron chi connectivity index (χ4n) is 4.79. The Kier molecular flexibility index (Phi) is 4.62. The number of fused-ring (bicyclic) bond motifs is 1. The molecule has 1 saturated carbocycles. The highest BCUT2D eigenvalue weighted by atomic mass is 19.1. The Morgan fingerprint density at radius 3 is 2.39 bits per heavy atom. The smallest absolute Gasteiger partial charge is 0.324 e. The first-order valence-electron chi connectivity index (χ1n) is 11.5. The van der Waals surface area contributed by atoms with Crippen LogP contribution in [0.1, 0.15) is 43.6 Å². The molecule has 0 unspecified atom stereocenters. The van der Waals surface area contributed by atoms with Gasteiger partial charge in [-0.1, -0.05) is 23.4 Å². The summed E-state index contributed by atoms with van der Waals surface area (Å²) in [4.78, 5) is 9.30. The van der Waals surface area contributed by atoms with E-state index < -0.39 is 5.79 Å². The Morgan fingerprint density at radius 2 is 1.67 bits per heavy atom. The molecule has 1 saturated heterocycles. The van der Waals surface area contributed by atoms with Crippen LogP contribution in [0.3, 0.4) is 0 Å². The van der Waals surface area contributed by atoms with Gasteiger partial charge < -0.3 is 18.9 Å². The fraction of sp³-hybridized carbons (Fsp3) is 0.440. The van der Waals surface area contributed by atoms with Gasteiger partial charge in [0.25, 0.3) is 0 Å². The van der Waals surface area contributed by atoms with Gasteiger partial charge in [-0.15, -0.1) is 0 Å². The van der Waals surface area contributed by atoms with Crippen LogP contribution in [0.2, 0.25) is 0 Å². The maximum absolute atomic E-state index is 13.3. The van der Waals surface area contributed by atoms with Crippen molar-refractivity contribution in [2.24, 2.45) is 0 Å². The minimum atomic E-state index is -0.606. The SMILES string of the molecule is CC1(C)Oc2ccc(CN3CCN(c4nc(C5(c6ccc(F)cc6)CC5)no4)CC3)cc2O1. The van der Waals surface area contributed by atoms with Gasteiger partial charge in [0.05, 0.1) is 5.41 Å². The average Bonchev–Trinajstić information content (AvgIpc) is 3.33. The van der Waals surface area contributed by atoms with Crippen LogP contribution in [-0.4, -0.2) is 47.0 Å². The second-order valence-electron chi connectivity index (χ2n) is 9.64. The first-order valence-corrected chi connectivity index (χ1v) is 11.5. The monoisotopic (exact) mass is 450 g/mol. The molecule has 3 heterocycles. The van der Waals surface area contributed by atoms with E-state index in [-0.39, 0.29) is 11.2 Å². The van der Waals surface area contributed by atoms with Crippen molar-refractivity contribution in [1.29, 1.82) is 0 Å². The Labute approximate surface area is 192 Å². The molecule has 1 aliphatic carbocycles. The van der Waals surface area contributed by atoms with Gasteiger partial charge in [0, 0.05) is 46.6 Å². The van der Waals surface area contributed by atoms with Crippen LogP contribution >= 0.6 is 0 Å². The molecule has 3 aliphatic rings. The number of anilines is 1. The Morgan fingerprint density at radius 1 is 0.939 bits per heavy atom. The van der Waals surface area contributed by atoms with E-state index in [4.69, 9.17) is 19.0 Å². The number of aromatic nitrogens is 2. The van der Waals surface area contributed by atoms with Crippen molar-refractivity contribution >= 4 is 6.01 Å². The minimum Gasteiger partial charge on any atom is -0.449 e. The molecule has 2 aliphatic heterocycles. The molecule has 2 aromatic carbocycles. The summed E-state index contributed by atoms with van der Waals surface area (Å²) in [5, 5.41) is 4.30. The number of halogens is 1. The first kappa shape index (κ1) is 20.5. The molecule has 0 spiro atoms. The molecule has 33 heavy (non-hydrogen) atoms. The molecular weight excluding hydrogens is 423 g/mol. The molecule has 6 rings (SSSR count). The Hall–Kier alpha value is -3.13. The van der Waals surface area contributed by atoms with E-state index in [1.54, 1.807) is 0 Å². The van der Waals surface area contributed by atoms with Crippen LogP contribution < -0.4 is 14.4 Å². The molecule has 0 radical (unpaired) electrons. The van der Waals surface area contributed by atoms with Crippen molar-refractivity contribution < 1.29 is 18.4 Å².